The highest BCUT2D eigenvalue weighted by atomic mass is 35.5. The molecule has 0 saturated heterocycles. The summed E-state index contributed by atoms with van der Waals surface area (Å²) in [6.45, 7) is 3.92. The number of halogens is 1. The van der Waals surface area contributed by atoms with Crippen molar-refractivity contribution in [2.45, 2.75) is 13.8 Å². The second-order valence-electron chi connectivity index (χ2n) is 2.51. The first-order valence-electron chi connectivity index (χ1n) is 3.39. The molecule has 11 heavy (non-hydrogen) atoms. The van der Waals surface area contributed by atoms with Crippen LogP contribution in [0.3, 0.4) is 0 Å². The van der Waals surface area contributed by atoms with Crippen LogP contribution in [0.5, 0.6) is 0 Å². The van der Waals surface area contributed by atoms with E-state index in [1.165, 1.54) is 0 Å². The predicted molar refractivity (Wildman–Crippen MR) is 48.7 cm³/mol. The van der Waals surface area contributed by atoms with Crippen molar-refractivity contribution in [1.29, 1.82) is 0 Å². The first-order valence-corrected chi connectivity index (χ1v) is 3.77. The number of anilines is 1. The minimum absolute atomic E-state index is 0.739. The Labute approximate surface area is 71.3 Å². The van der Waals surface area contributed by atoms with E-state index in [1.54, 1.807) is 0 Å². The summed E-state index contributed by atoms with van der Waals surface area (Å²) in [4.78, 5) is 0. The van der Waals surface area contributed by atoms with Gasteiger partial charge in [0.25, 0.3) is 0 Å². The summed E-state index contributed by atoms with van der Waals surface area (Å²) >= 11 is 5.87. The number of hydrogen-bond acceptors (Lipinski definition) is 2. The Morgan fingerprint density at radius 1 is 1.36 bits per heavy atom. The van der Waals surface area contributed by atoms with Crippen LogP contribution >= 0.6 is 11.6 Å². The Morgan fingerprint density at radius 2 is 2.00 bits per heavy atom. The second kappa shape index (κ2) is 3.11. The van der Waals surface area contributed by atoms with E-state index in [9.17, 15) is 0 Å². The molecule has 0 spiro atoms. The Bertz CT molecular complexity index is 271. The number of hydrogen-bond donors (Lipinski definition) is 2. The molecule has 0 saturated carbocycles. The fourth-order valence-corrected chi connectivity index (χ4v) is 1.20. The average molecular weight is 171 g/mol. The van der Waals surface area contributed by atoms with Crippen molar-refractivity contribution in [3.63, 3.8) is 0 Å². The highest BCUT2D eigenvalue weighted by Gasteiger charge is 2.02. The smallest absolute Gasteiger partial charge is 0.0558 e. The highest BCUT2D eigenvalue weighted by Crippen LogP contribution is 2.25. The second-order valence-corrected chi connectivity index (χ2v) is 2.92. The summed E-state index contributed by atoms with van der Waals surface area (Å²) in [6.07, 6.45) is 0. The molecule has 0 aliphatic heterocycles. The number of aryl methyl sites for hydroxylation is 1. The zero-order valence-corrected chi connectivity index (χ0v) is 7.37. The maximum absolute atomic E-state index is 5.87. The van der Waals surface area contributed by atoms with Crippen molar-refractivity contribution in [1.82, 2.24) is 0 Å². The summed E-state index contributed by atoms with van der Waals surface area (Å²) in [5.41, 5.74) is 5.63. The van der Waals surface area contributed by atoms with Crippen molar-refractivity contribution in [2.24, 2.45) is 5.84 Å². The monoisotopic (exact) mass is 170 g/mol. The largest absolute Gasteiger partial charge is 0.324 e. The van der Waals surface area contributed by atoms with Crippen LogP contribution in [0.1, 0.15) is 11.1 Å². The van der Waals surface area contributed by atoms with Gasteiger partial charge in [0, 0.05) is 5.02 Å². The fourth-order valence-electron chi connectivity index (χ4n) is 1.04. The number of rotatable bonds is 1. The Hall–Kier alpha value is -0.730. The minimum Gasteiger partial charge on any atom is -0.324 e. The molecule has 0 aliphatic rings. The third-order valence-corrected chi connectivity index (χ3v) is 2.16. The Balaban J connectivity index is 3.29. The van der Waals surface area contributed by atoms with Gasteiger partial charge >= 0.3 is 0 Å². The number of nitrogens with one attached hydrogen (secondary N) is 1. The molecule has 0 atom stereocenters. The molecule has 0 unspecified atom stereocenters. The van der Waals surface area contributed by atoms with Gasteiger partial charge in [-0.1, -0.05) is 17.7 Å². The van der Waals surface area contributed by atoms with E-state index in [4.69, 9.17) is 17.4 Å². The molecule has 3 heteroatoms. The zero-order valence-electron chi connectivity index (χ0n) is 6.61. The van der Waals surface area contributed by atoms with Crippen LogP contribution < -0.4 is 11.3 Å². The predicted octanol–water partition coefficient (Wildman–Crippen LogP) is 2.24. The van der Waals surface area contributed by atoms with E-state index in [0.717, 1.165) is 21.8 Å². The van der Waals surface area contributed by atoms with Gasteiger partial charge in [0.2, 0.25) is 0 Å². The van der Waals surface area contributed by atoms with E-state index in [0.29, 0.717) is 0 Å². The lowest BCUT2D eigenvalue weighted by atomic mass is 10.1. The SMILES string of the molecule is Cc1ccc(Cl)c(C)c1NN. The summed E-state index contributed by atoms with van der Waals surface area (Å²) < 4.78 is 0. The first-order chi connectivity index (χ1) is 5.16. The molecule has 60 valence electrons. The molecular formula is C8H11ClN2. The van der Waals surface area contributed by atoms with Crippen LogP contribution in [-0.2, 0) is 0 Å². The molecule has 0 aliphatic carbocycles. The van der Waals surface area contributed by atoms with Crippen LogP contribution in [0, 0.1) is 13.8 Å². The van der Waals surface area contributed by atoms with Crippen LogP contribution in [-0.4, -0.2) is 0 Å². The van der Waals surface area contributed by atoms with E-state index in [1.807, 2.05) is 26.0 Å². The number of hydrazine groups is 1. The minimum atomic E-state index is 0.739. The van der Waals surface area contributed by atoms with Crippen molar-refractivity contribution in [3.8, 4) is 0 Å². The standard InChI is InChI=1S/C8H11ClN2/c1-5-3-4-7(9)6(2)8(5)11-10/h3-4,11H,10H2,1-2H3. The van der Waals surface area contributed by atoms with Crippen LogP contribution in [0.4, 0.5) is 5.69 Å². The maximum Gasteiger partial charge on any atom is 0.0558 e. The summed E-state index contributed by atoms with van der Waals surface area (Å²) in [6, 6.07) is 3.80. The summed E-state index contributed by atoms with van der Waals surface area (Å²) in [5.74, 6) is 5.31. The number of nitrogens with two attached hydrogens (primary N) is 1. The third kappa shape index (κ3) is 1.47. The van der Waals surface area contributed by atoms with Crippen LogP contribution in [0.2, 0.25) is 5.02 Å². The number of benzene rings is 1. The van der Waals surface area contributed by atoms with Gasteiger partial charge in [-0.2, -0.15) is 0 Å². The van der Waals surface area contributed by atoms with Crippen molar-refractivity contribution in [2.75, 3.05) is 5.43 Å². The molecule has 3 N–H and O–H groups in total. The molecular weight excluding hydrogens is 160 g/mol. The van der Waals surface area contributed by atoms with Crippen LogP contribution in [0.15, 0.2) is 12.1 Å². The summed E-state index contributed by atoms with van der Waals surface area (Å²) in [5, 5.41) is 0.739. The lowest BCUT2D eigenvalue weighted by molar-refractivity contribution is 1.27. The Morgan fingerprint density at radius 3 is 2.45 bits per heavy atom. The molecule has 1 aromatic rings. The number of nitrogen functional groups attached to an aromatic ring is 1. The summed E-state index contributed by atoms with van der Waals surface area (Å²) in [7, 11) is 0. The molecule has 0 radical (unpaired) electrons. The van der Waals surface area contributed by atoms with Crippen molar-refractivity contribution >= 4 is 17.3 Å². The van der Waals surface area contributed by atoms with Gasteiger partial charge in [-0.25, -0.2) is 0 Å². The van der Waals surface area contributed by atoms with Gasteiger partial charge < -0.3 is 5.43 Å². The molecule has 0 heterocycles. The topological polar surface area (TPSA) is 38.0 Å². The van der Waals surface area contributed by atoms with Crippen LogP contribution in [0.25, 0.3) is 0 Å². The van der Waals surface area contributed by atoms with Crippen molar-refractivity contribution in [3.05, 3.63) is 28.3 Å². The molecule has 1 rings (SSSR count). The molecule has 0 amide bonds. The lowest BCUT2D eigenvalue weighted by Gasteiger charge is -2.09. The molecule has 0 fully saturated rings. The molecule has 0 aromatic heterocycles. The van der Waals surface area contributed by atoms with E-state index in [-0.39, 0.29) is 0 Å². The van der Waals surface area contributed by atoms with E-state index >= 15 is 0 Å². The van der Waals surface area contributed by atoms with Gasteiger partial charge in [0.15, 0.2) is 0 Å². The zero-order chi connectivity index (χ0) is 8.43. The van der Waals surface area contributed by atoms with Gasteiger partial charge in [-0.05, 0) is 31.0 Å². The normalized spacial score (nSPS) is 9.82. The van der Waals surface area contributed by atoms with Gasteiger partial charge in [-0.15, -0.1) is 0 Å². The quantitative estimate of drug-likeness (QED) is 0.501. The molecule has 1 aromatic carbocycles. The van der Waals surface area contributed by atoms with Gasteiger partial charge in [-0.3, -0.25) is 5.84 Å². The van der Waals surface area contributed by atoms with Gasteiger partial charge in [0.05, 0.1) is 5.69 Å². The highest BCUT2D eigenvalue weighted by molar-refractivity contribution is 6.31. The fraction of sp³-hybridized carbons (Fsp3) is 0.250. The van der Waals surface area contributed by atoms with Crippen molar-refractivity contribution < 1.29 is 0 Å². The lowest BCUT2D eigenvalue weighted by Crippen LogP contribution is -2.09. The molecule has 0 bridgehead atoms. The third-order valence-electron chi connectivity index (χ3n) is 1.75. The maximum atomic E-state index is 5.87. The first kappa shape index (κ1) is 8.37. The molecule has 2 nitrogen and oxygen atoms in total. The average Bonchev–Trinajstić information content (AvgIpc) is 1.99. The van der Waals surface area contributed by atoms with E-state index < -0.39 is 0 Å². The Kier molecular flexibility index (Phi) is 2.37. The van der Waals surface area contributed by atoms with Gasteiger partial charge in [0.1, 0.15) is 0 Å². The van der Waals surface area contributed by atoms with E-state index in [2.05, 4.69) is 5.43 Å².